The highest BCUT2D eigenvalue weighted by Gasteiger charge is 2.11. The summed E-state index contributed by atoms with van der Waals surface area (Å²) in [6, 6.07) is 0. The van der Waals surface area contributed by atoms with E-state index in [0.29, 0.717) is 6.42 Å². The van der Waals surface area contributed by atoms with Gasteiger partial charge in [-0.2, -0.15) is 0 Å². The fraction of sp³-hybridized carbons (Fsp3) is 0.667. The predicted octanol–water partition coefficient (Wildman–Crippen LogP) is 0.361. The standard InChI is InChI=1S/C6H10BrNO3/c1-2-4(7)6(11)8-3-5(9)10/h4H,2-3H2,1H3,(H,8,11)(H,9,10)/t4-/m0/s1. The van der Waals surface area contributed by atoms with Crippen molar-refractivity contribution in [3.63, 3.8) is 0 Å². The molecule has 0 aliphatic carbocycles. The molecular formula is C6H10BrNO3. The van der Waals surface area contributed by atoms with Crippen molar-refractivity contribution in [3.8, 4) is 0 Å². The summed E-state index contributed by atoms with van der Waals surface area (Å²) >= 11 is 3.09. The minimum atomic E-state index is -1.03. The van der Waals surface area contributed by atoms with Crippen molar-refractivity contribution in [1.82, 2.24) is 5.32 Å². The number of carbonyl (C=O) groups excluding carboxylic acids is 1. The lowest BCUT2D eigenvalue weighted by Gasteiger charge is -2.05. The van der Waals surface area contributed by atoms with E-state index >= 15 is 0 Å². The predicted molar refractivity (Wildman–Crippen MR) is 43.7 cm³/mol. The van der Waals surface area contributed by atoms with Crippen LogP contribution in [0.2, 0.25) is 0 Å². The first-order valence-electron chi connectivity index (χ1n) is 3.21. The molecule has 1 amide bonds. The van der Waals surface area contributed by atoms with Crippen LogP contribution in [0.5, 0.6) is 0 Å². The van der Waals surface area contributed by atoms with E-state index in [4.69, 9.17) is 5.11 Å². The Morgan fingerprint density at radius 2 is 2.18 bits per heavy atom. The van der Waals surface area contributed by atoms with Gasteiger partial charge in [-0.05, 0) is 6.42 Å². The third kappa shape index (κ3) is 4.78. The molecule has 0 aromatic rings. The quantitative estimate of drug-likeness (QED) is 0.677. The zero-order valence-corrected chi connectivity index (χ0v) is 7.72. The van der Waals surface area contributed by atoms with Crippen LogP contribution in [0.15, 0.2) is 0 Å². The second kappa shape index (κ2) is 5.12. The molecule has 0 heterocycles. The van der Waals surface area contributed by atoms with Gasteiger partial charge in [0, 0.05) is 0 Å². The number of rotatable bonds is 4. The van der Waals surface area contributed by atoms with Crippen LogP contribution in [-0.2, 0) is 9.59 Å². The van der Waals surface area contributed by atoms with Gasteiger partial charge in [0.2, 0.25) is 5.91 Å². The van der Waals surface area contributed by atoms with Crippen molar-refractivity contribution in [2.75, 3.05) is 6.54 Å². The van der Waals surface area contributed by atoms with Crippen LogP contribution < -0.4 is 5.32 Å². The number of hydrogen-bond donors (Lipinski definition) is 2. The van der Waals surface area contributed by atoms with Crippen LogP contribution in [-0.4, -0.2) is 28.4 Å². The Morgan fingerprint density at radius 1 is 1.64 bits per heavy atom. The molecule has 0 aromatic carbocycles. The molecule has 64 valence electrons. The summed E-state index contributed by atoms with van der Waals surface area (Å²) in [5, 5.41) is 10.4. The number of alkyl halides is 1. The summed E-state index contributed by atoms with van der Waals surface area (Å²) in [5.41, 5.74) is 0. The van der Waals surface area contributed by atoms with E-state index in [1.807, 2.05) is 6.92 Å². The van der Waals surface area contributed by atoms with Gasteiger partial charge in [0.05, 0.1) is 4.83 Å². The van der Waals surface area contributed by atoms with Crippen LogP contribution >= 0.6 is 15.9 Å². The van der Waals surface area contributed by atoms with E-state index in [1.54, 1.807) is 0 Å². The maximum Gasteiger partial charge on any atom is 0.322 e. The summed E-state index contributed by atoms with van der Waals surface area (Å²) in [4.78, 5) is 20.6. The normalized spacial score (nSPS) is 12.2. The summed E-state index contributed by atoms with van der Waals surface area (Å²) < 4.78 is 0. The van der Waals surface area contributed by atoms with Gasteiger partial charge in [0.1, 0.15) is 6.54 Å². The summed E-state index contributed by atoms with van der Waals surface area (Å²) in [6.07, 6.45) is 0.644. The largest absolute Gasteiger partial charge is 0.480 e. The van der Waals surface area contributed by atoms with Gasteiger partial charge >= 0.3 is 5.97 Å². The second-order valence-electron chi connectivity index (χ2n) is 1.99. The third-order valence-corrected chi connectivity index (χ3v) is 2.12. The Bertz CT molecular complexity index is 160. The Hall–Kier alpha value is -0.580. The fourth-order valence-electron chi connectivity index (χ4n) is 0.459. The third-order valence-electron chi connectivity index (χ3n) is 1.06. The van der Waals surface area contributed by atoms with E-state index in [9.17, 15) is 9.59 Å². The molecule has 0 rings (SSSR count). The highest BCUT2D eigenvalue weighted by atomic mass is 79.9. The molecule has 0 aliphatic rings. The average Bonchev–Trinajstić information content (AvgIpc) is 1.98. The highest BCUT2D eigenvalue weighted by Crippen LogP contribution is 2.02. The average molecular weight is 224 g/mol. The zero-order valence-electron chi connectivity index (χ0n) is 6.13. The van der Waals surface area contributed by atoms with Gasteiger partial charge in [0.25, 0.3) is 0 Å². The lowest BCUT2D eigenvalue weighted by molar-refractivity contribution is -0.137. The van der Waals surface area contributed by atoms with Crippen molar-refractivity contribution in [2.24, 2.45) is 0 Å². The molecule has 0 aliphatic heterocycles. The number of amides is 1. The van der Waals surface area contributed by atoms with Gasteiger partial charge in [-0.1, -0.05) is 22.9 Å². The smallest absolute Gasteiger partial charge is 0.322 e. The summed E-state index contributed by atoms with van der Waals surface area (Å²) in [7, 11) is 0. The van der Waals surface area contributed by atoms with Crippen molar-refractivity contribution in [2.45, 2.75) is 18.2 Å². The van der Waals surface area contributed by atoms with E-state index in [0.717, 1.165) is 0 Å². The van der Waals surface area contributed by atoms with Crippen LogP contribution in [0.4, 0.5) is 0 Å². The number of nitrogens with one attached hydrogen (secondary N) is 1. The Kier molecular flexibility index (Phi) is 4.85. The Morgan fingerprint density at radius 3 is 2.55 bits per heavy atom. The van der Waals surface area contributed by atoms with Crippen LogP contribution in [0.1, 0.15) is 13.3 Å². The van der Waals surface area contributed by atoms with Gasteiger partial charge in [-0.3, -0.25) is 9.59 Å². The molecule has 0 spiro atoms. The van der Waals surface area contributed by atoms with E-state index in [1.165, 1.54) is 0 Å². The number of hydrogen-bond acceptors (Lipinski definition) is 2. The fourth-order valence-corrected chi connectivity index (χ4v) is 0.621. The van der Waals surface area contributed by atoms with Gasteiger partial charge in [-0.25, -0.2) is 0 Å². The molecule has 2 N–H and O–H groups in total. The molecule has 0 fully saturated rings. The topological polar surface area (TPSA) is 66.4 Å². The van der Waals surface area contributed by atoms with Crippen molar-refractivity contribution < 1.29 is 14.7 Å². The zero-order chi connectivity index (χ0) is 8.85. The van der Waals surface area contributed by atoms with Crippen LogP contribution in [0, 0.1) is 0 Å². The van der Waals surface area contributed by atoms with Crippen LogP contribution in [0.3, 0.4) is 0 Å². The van der Waals surface area contributed by atoms with Gasteiger partial charge in [-0.15, -0.1) is 0 Å². The first-order chi connectivity index (χ1) is 5.07. The van der Waals surface area contributed by atoms with E-state index in [2.05, 4.69) is 21.2 Å². The maximum atomic E-state index is 10.9. The molecule has 0 unspecified atom stereocenters. The molecule has 0 saturated heterocycles. The number of halogens is 1. The van der Waals surface area contributed by atoms with Gasteiger partial charge in [0.15, 0.2) is 0 Å². The van der Waals surface area contributed by atoms with E-state index in [-0.39, 0.29) is 17.3 Å². The van der Waals surface area contributed by atoms with Crippen LogP contribution in [0.25, 0.3) is 0 Å². The monoisotopic (exact) mass is 223 g/mol. The maximum absolute atomic E-state index is 10.9. The first-order valence-corrected chi connectivity index (χ1v) is 4.13. The van der Waals surface area contributed by atoms with Crippen molar-refractivity contribution >= 4 is 27.8 Å². The Balaban J connectivity index is 3.60. The highest BCUT2D eigenvalue weighted by molar-refractivity contribution is 9.10. The van der Waals surface area contributed by atoms with E-state index < -0.39 is 5.97 Å². The van der Waals surface area contributed by atoms with Crippen molar-refractivity contribution in [3.05, 3.63) is 0 Å². The number of aliphatic carboxylic acids is 1. The molecule has 0 saturated carbocycles. The molecule has 5 heteroatoms. The van der Waals surface area contributed by atoms with Crippen molar-refractivity contribution in [1.29, 1.82) is 0 Å². The molecule has 0 radical (unpaired) electrons. The molecule has 0 aromatic heterocycles. The molecular weight excluding hydrogens is 214 g/mol. The lowest BCUT2D eigenvalue weighted by Crippen LogP contribution is -2.34. The number of carboxylic acid groups (broad SMARTS) is 1. The molecule has 0 bridgehead atoms. The molecule has 4 nitrogen and oxygen atoms in total. The Labute approximate surface area is 73.1 Å². The first kappa shape index (κ1) is 10.4. The minimum absolute atomic E-state index is 0.282. The lowest BCUT2D eigenvalue weighted by atomic mass is 10.3. The number of carbonyl (C=O) groups is 2. The minimum Gasteiger partial charge on any atom is -0.480 e. The SMILES string of the molecule is CC[C@H](Br)C(=O)NCC(=O)O. The second-order valence-corrected chi connectivity index (χ2v) is 3.09. The van der Waals surface area contributed by atoms with Gasteiger partial charge < -0.3 is 10.4 Å². The molecule has 1 atom stereocenters. The number of carboxylic acids is 1. The summed E-state index contributed by atoms with van der Waals surface area (Å²) in [6.45, 7) is 1.51. The summed E-state index contributed by atoms with van der Waals surface area (Å²) in [5.74, 6) is -1.32. The molecule has 11 heavy (non-hydrogen) atoms.